The summed E-state index contributed by atoms with van der Waals surface area (Å²) in [5, 5.41) is 0. The van der Waals surface area contributed by atoms with Gasteiger partial charge in [-0.2, -0.15) is 0 Å². The van der Waals surface area contributed by atoms with Crippen molar-refractivity contribution < 1.29 is 19.1 Å². The van der Waals surface area contributed by atoms with E-state index in [2.05, 4.69) is 0 Å². The van der Waals surface area contributed by atoms with Gasteiger partial charge in [0.25, 0.3) is 11.8 Å². The van der Waals surface area contributed by atoms with Gasteiger partial charge in [0.1, 0.15) is 17.1 Å². The molecular weight excluding hydrogens is 516 g/mol. The molecule has 4 rings (SSSR count). The van der Waals surface area contributed by atoms with E-state index >= 15 is 0 Å². The van der Waals surface area contributed by atoms with E-state index in [1.54, 1.807) is 38.2 Å². The van der Waals surface area contributed by atoms with Gasteiger partial charge in [0.15, 0.2) is 0 Å². The second-order valence-corrected chi connectivity index (χ2v) is 10.0. The quantitative estimate of drug-likeness (QED) is 0.320. The summed E-state index contributed by atoms with van der Waals surface area (Å²) in [7, 11) is 7.94. The van der Waals surface area contributed by atoms with Gasteiger partial charge in [-0.1, -0.05) is 36.4 Å². The van der Waals surface area contributed by atoms with Crippen LogP contribution < -0.4 is 9.80 Å². The predicted octanol–water partition coefficient (Wildman–Crippen LogP) is 5.47. The Hall–Kier alpha value is -4.85. The predicted molar refractivity (Wildman–Crippen MR) is 164 cm³/mol. The summed E-state index contributed by atoms with van der Waals surface area (Å²) in [5.74, 6) is -0.306. The van der Waals surface area contributed by atoms with Crippen LogP contribution in [-0.4, -0.2) is 68.9 Å². The molecule has 2 aliphatic rings. The SMILES string of the molecule is CCN1C(=O)C(=C2C=C(C=Cc3ccc(N(C)C)cc3)OC(C=Cc3ccc(N(C)C)cc3)=C2)C(=O)N(CC)C1=O. The molecule has 1 fully saturated rings. The molecule has 1 saturated heterocycles. The van der Waals surface area contributed by atoms with Crippen LogP contribution in [-0.2, 0) is 14.3 Å². The third-order valence-electron chi connectivity index (χ3n) is 6.83. The molecule has 2 heterocycles. The third-order valence-corrected chi connectivity index (χ3v) is 6.83. The van der Waals surface area contributed by atoms with E-state index in [1.807, 2.05) is 98.7 Å². The number of rotatable bonds is 8. The minimum Gasteiger partial charge on any atom is -0.457 e. The number of carbonyl (C=O) groups is 3. The lowest BCUT2D eigenvalue weighted by atomic mass is 9.99. The number of likely N-dealkylation sites (N-methyl/N-ethyl adjacent to an activating group) is 2. The first kappa shape index (κ1) is 29.1. The molecule has 0 spiro atoms. The van der Waals surface area contributed by atoms with Crippen LogP contribution in [0.4, 0.5) is 16.2 Å². The van der Waals surface area contributed by atoms with Crippen LogP contribution in [0.1, 0.15) is 25.0 Å². The molecule has 0 N–H and O–H groups in total. The molecule has 212 valence electrons. The van der Waals surface area contributed by atoms with E-state index in [9.17, 15) is 14.4 Å². The standard InChI is InChI=1S/C33H36N4O4/c1-7-36-31(38)30(32(39)37(8-2)33(36)40)25-21-28(19-13-23-9-15-26(16-10-23)34(3)4)41-29(22-25)20-14-24-11-17-27(18-12-24)35(5)6/h9-22H,7-8H2,1-6H3. The van der Waals surface area contributed by atoms with Crippen LogP contribution in [0.2, 0.25) is 0 Å². The zero-order valence-electron chi connectivity index (χ0n) is 24.4. The molecule has 0 aliphatic carbocycles. The minimum absolute atomic E-state index is 0.0564. The summed E-state index contributed by atoms with van der Waals surface area (Å²) in [6.07, 6.45) is 10.7. The maximum Gasteiger partial charge on any atom is 0.333 e. The summed E-state index contributed by atoms with van der Waals surface area (Å²) in [6.45, 7) is 3.74. The first-order chi connectivity index (χ1) is 19.6. The number of carbonyl (C=O) groups excluding carboxylic acids is 3. The maximum atomic E-state index is 13.3. The Balaban J connectivity index is 1.74. The molecule has 0 bridgehead atoms. The van der Waals surface area contributed by atoms with Gasteiger partial charge in [-0.05, 0) is 73.5 Å². The number of hydrogen-bond donors (Lipinski definition) is 0. The molecule has 0 radical (unpaired) electrons. The Morgan fingerprint density at radius 1 is 0.634 bits per heavy atom. The van der Waals surface area contributed by atoms with Crippen LogP contribution in [0.25, 0.3) is 12.2 Å². The molecule has 0 unspecified atom stereocenters. The molecular formula is C33H36N4O4. The summed E-state index contributed by atoms with van der Waals surface area (Å²) in [4.78, 5) is 45.6. The number of ether oxygens (including phenoxy) is 1. The fourth-order valence-corrected chi connectivity index (χ4v) is 4.46. The van der Waals surface area contributed by atoms with Crippen molar-refractivity contribution in [1.82, 2.24) is 9.80 Å². The number of imide groups is 2. The van der Waals surface area contributed by atoms with Gasteiger partial charge in [-0.3, -0.25) is 19.4 Å². The second kappa shape index (κ2) is 12.6. The van der Waals surface area contributed by atoms with Crippen LogP contribution in [0, 0.1) is 0 Å². The second-order valence-electron chi connectivity index (χ2n) is 10.0. The average Bonchev–Trinajstić information content (AvgIpc) is 2.96. The number of benzene rings is 2. The van der Waals surface area contributed by atoms with Crippen LogP contribution >= 0.6 is 0 Å². The number of amides is 4. The van der Waals surface area contributed by atoms with Crippen LogP contribution in [0.5, 0.6) is 0 Å². The topological polar surface area (TPSA) is 73.4 Å². The number of hydrogen-bond acceptors (Lipinski definition) is 6. The fraction of sp³-hybridized carbons (Fsp3) is 0.242. The lowest BCUT2D eigenvalue weighted by molar-refractivity contribution is -0.135. The Morgan fingerprint density at radius 3 is 1.37 bits per heavy atom. The van der Waals surface area contributed by atoms with Crippen LogP contribution in [0.3, 0.4) is 0 Å². The summed E-state index contributed by atoms with van der Waals surface area (Å²) >= 11 is 0. The summed E-state index contributed by atoms with van der Waals surface area (Å²) in [5.41, 5.74) is 4.43. The van der Waals surface area contributed by atoms with E-state index in [0.717, 1.165) is 32.3 Å². The highest BCUT2D eigenvalue weighted by molar-refractivity contribution is 6.29. The van der Waals surface area contributed by atoms with Crippen molar-refractivity contribution in [1.29, 1.82) is 0 Å². The average molecular weight is 553 g/mol. The van der Waals surface area contributed by atoms with E-state index in [4.69, 9.17) is 4.74 Å². The van der Waals surface area contributed by atoms with E-state index in [0.29, 0.717) is 17.1 Å². The smallest absolute Gasteiger partial charge is 0.333 e. The molecule has 8 nitrogen and oxygen atoms in total. The number of nitrogens with zero attached hydrogens (tertiary/aromatic N) is 4. The van der Waals surface area contributed by atoms with Gasteiger partial charge < -0.3 is 14.5 Å². The molecule has 2 aromatic rings. The molecule has 0 atom stereocenters. The van der Waals surface area contributed by atoms with Crippen LogP contribution in [0.15, 0.2) is 95.5 Å². The molecule has 2 aliphatic heterocycles. The number of urea groups is 1. The Morgan fingerprint density at radius 2 is 1.02 bits per heavy atom. The van der Waals surface area contributed by atoms with Gasteiger partial charge in [-0.15, -0.1) is 0 Å². The number of anilines is 2. The number of barbiturate groups is 1. The highest BCUT2D eigenvalue weighted by Gasteiger charge is 2.42. The van der Waals surface area contributed by atoms with Gasteiger partial charge in [0.05, 0.1) is 0 Å². The third kappa shape index (κ3) is 6.49. The monoisotopic (exact) mass is 552 g/mol. The first-order valence-electron chi connectivity index (χ1n) is 13.6. The molecule has 4 amide bonds. The maximum absolute atomic E-state index is 13.3. The van der Waals surface area contributed by atoms with Crippen molar-refractivity contribution in [2.45, 2.75) is 13.8 Å². The largest absolute Gasteiger partial charge is 0.457 e. The Labute approximate surface area is 241 Å². The molecule has 0 saturated carbocycles. The van der Waals surface area contributed by atoms with Crippen molar-refractivity contribution in [2.24, 2.45) is 0 Å². The van der Waals surface area contributed by atoms with Gasteiger partial charge >= 0.3 is 6.03 Å². The number of allylic oxidation sites excluding steroid dienone is 5. The van der Waals surface area contributed by atoms with Crippen molar-refractivity contribution in [2.75, 3.05) is 51.1 Å². The molecule has 41 heavy (non-hydrogen) atoms. The normalized spacial score (nSPS) is 16.0. The highest BCUT2D eigenvalue weighted by Crippen LogP contribution is 2.29. The minimum atomic E-state index is -0.609. The Kier molecular flexibility index (Phi) is 8.92. The Bertz CT molecular complexity index is 1370. The van der Waals surface area contributed by atoms with Crippen molar-refractivity contribution in [3.63, 3.8) is 0 Å². The molecule has 8 heteroatoms. The molecule has 2 aromatic carbocycles. The zero-order chi connectivity index (χ0) is 29.7. The zero-order valence-corrected chi connectivity index (χ0v) is 24.4. The van der Waals surface area contributed by atoms with Crippen molar-refractivity contribution in [3.8, 4) is 0 Å². The van der Waals surface area contributed by atoms with E-state index in [-0.39, 0.29) is 18.7 Å². The van der Waals surface area contributed by atoms with Crippen molar-refractivity contribution in [3.05, 3.63) is 107 Å². The van der Waals surface area contributed by atoms with Gasteiger partial charge in [-0.25, -0.2) is 4.79 Å². The summed E-state index contributed by atoms with van der Waals surface area (Å²) < 4.78 is 6.15. The summed E-state index contributed by atoms with van der Waals surface area (Å²) in [6, 6.07) is 15.5. The lowest BCUT2D eigenvalue weighted by Crippen LogP contribution is -2.56. The highest BCUT2D eigenvalue weighted by atomic mass is 16.5. The first-order valence-corrected chi connectivity index (χ1v) is 13.6. The van der Waals surface area contributed by atoms with Gasteiger partial charge in [0, 0.05) is 58.2 Å². The van der Waals surface area contributed by atoms with Crippen molar-refractivity contribution >= 4 is 41.4 Å². The fourth-order valence-electron chi connectivity index (χ4n) is 4.46. The van der Waals surface area contributed by atoms with E-state index in [1.165, 1.54) is 0 Å². The van der Waals surface area contributed by atoms with E-state index < -0.39 is 17.8 Å². The molecule has 0 aromatic heterocycles. The lowest BCUT2D eigenvalue weighted by Gasteiger charge is -2.33. The van der Waals surface area contributed by atoms with Gasteiger partial charge in [0.2, 0.25) is 0 Å².